The van der Waals surface area contributed by atoms with Gasteiger partial charge in [-0.2, -0.15) is 0 Å². The molecule has 0 radical (unpaired) electrons. The van der Waals surface area contributed by atoms with Gasteiger partial charge in [0.15, 0.2) is 0 Å². The van der Waals surface area contributed by atoms with E-state index in [4.69, 9.17) is 0 Å². The van der Waals surface area contributed by atoms with E-state index in [1.807, 2.05) is 0 Å². The second-order valence-electron chi connectivity index (χ2n) is 3.04. The Hall–Kier alpha value is -0.660. The average Bonchev–Trinajstić information content (AvgIpc) is 2.38. The number of aliphatic imine (C=N–C) groups is 2. The molecule has 1 saturated carbocycles. The van der Waals surface area contributed by atoms with Crippen molar-refractivity contribution in [3.05, 3.63) is 0 Å². The van der Waals surface area contributed by atoms with E-state index in [1.165, 1.54) is 0 Å². The van der Waals surface area contributed by atoms with E-state index < -0.39 is 0 Å². The maximum Gasteiger partial charge on any atom is 0.0853 e. The van der Waals surface area contributed by atoms with Crippen molar-refractivity contribution >= 4 is 12.4 Å². The van der Waals surface area contributed by atoms with Gasteiger partial charge in [-0.15, -0.1) is 0 Å². The second-order valence-corrected chi connectivity index (χ2v) is 3.04. The van der Waals surface area contributed by atoms with Gasteiger partial charge in [-0.25, -0.2) is 0 Å². The third kappa shape index (κ3) is 0.460. The summed E-state index contributed by atoms with van der Waals surface area (Å²) in [6, 6.07) is 0.488. The first kappa shape index (κ1) is 5.15. The molecule has 1 aliphatic carbocycles. The Bertz CT molecular complexity index is 195. The molecule has 1 heterocycles. The topological polar surface area (TPSA) is 24.7 Å². The summed E-state index contributed by atoms with van der Waals surface area (Å²) in [5.41, 5.74) is 0.175. The highest BCUT2D eigenvalue weighted by atomic mass is 15.1. The molecule has 9 heavy (non-hydrogen) atoms. The Morgan fingerprint density at radius 2 is 2.22 bits per heavy atom. The summed E-state index contributed by atoms with van der Waals surface area (Å²) in [7, 11) is 0. The van der Waals surface area contributed by atoms with E-state index in [0.717, 1.165) is 0 Å². The standard InChI is InChI=1S/C7H10N2/c1-5-6-7(5,2)9-4-3-8-6/h3-6H,1-2H3/t5?,6-,7?/m1/s1. The molecule has 3 atom stereocenters. The lowest BCUT2D eigenvalue weighted by Crippen LogP contribution is -2.09. The molecular weight excluding hydrogens is 112 g/mol. The van der Waals surface area contributed by atoms with Crippen LogP contribution >= 0.6 is 0 Å². The molecule has 2 unspecified atom stereocenters. The van der Waals surface area contributed by atoms with E-state index in [-0.39, 0.29) is 5.54 Å². The smallest absolute Gasteiger partial charge is 0.0853 e. The molecule has 0 spiro atoms. The highest BCUT2D eigenvalue weighted by Crippen LogP contribution is 2.49. The molecule has 0 amide bonds. The lowest BCUT2D eigenvalue weighted by atomic mass is 10.3. The van der Waals surface area contributed by atoms with Crippen molar-refractivity contribution in [1.29, 1.82) is 0 Å². The maximum atomic E-state index is 4.34. The molecular formula is C7H10N2. The van der Waals surface area contributed by atoms with Gasteiger partial charge < -0.3 is 0 Å². The third-order valence-corrected chi connectivity index (χ3v) is 2.55. The Kier molecular flexibility index (Phi) is 0.718. The molecule has 0 aromatic carbocycles. The van der Waals surface area contributed by atoms with E-state index in [9.17, 15) is 0 Å². The molecule has 0 bridgehead atoms. The summed E-state index contributed by atoms with van der Waals surface area (Å²) < 4.78 is 0. The van der Waals surface area contributed by atoms with Crippen LogP contribution in [0.4, 0.5) is 0 Å². The molecule has 48 valence electrons. The normalized spacial score (nSPS) is 53.1. The van der Waals surface area contributed by atoms with Gasteiger partial charge in [0.2, 0.25) is 0 Å². The van der Waals surface area contributed by atoms with Crippen LogP contribution in [-0.2, 0) is 0 Å². The van der Waals surface area contributed by atoms with Gasteiger partial charge in [-0.1, -0.05) is 6.92 Å². The predicted octanol–water partition coefficient (Wildman–Crippen LogP) is 0.919. The number of hydrogen-bond donors (Lipinski definition) is 0. The zero-order valence-corrected chi connectivity index (χ0v) is 5.70. The molecule has 1 aliphatic heterocycles. The molecule has 2 nitrogen and oxygen atoms in total. The van der Waals surface area contributed by atoms with E-state index in [0.29, 0.717) is 12.0 Å². The zero-order valence-electron chi connectivity index (χ0n) is 5.70. The number of nitrogens with zero attached hydrogens (tertiary/aromatic N) is 2. The van der Waals surface area contributed by atoms with Crippen LogP contribution in [0.15, 0.2) is 9.98 Å². The van der Waals surface area contributed by atoms with Crippen LogP contribution in [0, 0.1) is 5.92 Å². The monoisotopic (exact) mass is 122 g/mol. The quantitative estimate of drug-likeness (QED) is 0.456. The van der Waals surface area contributed by atoms with Crippen LogP contribution in [0.25, 0.3) is 0 Å². The highest BCUT2D eigenvalue weighted by Gasteiger charge is 2.59. The maximum absolute atomic E-state index is 4.34. The minimum atomic E-state index is 0.175. The first-order chi connectivity index (χ1) is 4.25. The number of fused-ring (bicyclic) bond motifs is 1. The van der Waals surface area contributed by atoms with Crippen molar-refractivity contribution in [2.45, 2.75) is 25.4 Å². The molecule has 0 aromatic rings. The highest BCUT2D eigenvalue weighted by molar-refractivity contribution is 6.17. The summed E-state index contributed by atoms with van der Waals surface area (Å²) in [5.74, 6) is 0.660. The largest absolute Gasteiger partial charge is 0.285 e. The summed E-state index contributed by atoms with van der Waals surface area (Å²) in [6.45, 7) is 4.36. The Morgan fingerprint density at radius 1 is 1.44 bits per heavy atom. The zero-order chi connectivity index (χ0) is 6.48. The van der Waals surface area contributed by atoms with Crippen LogP contribution in [-0.4, -0.2) is 24.0 Å². The van der Waals surface area contributed by atoms with Crippen molar-refractivity contribution in [2.75, 3.05) is 0 Å². The molecule has 0 aromatic heterocycles. The molecule has 0 N–H and O–H groups in total. The summed E-state index contributed by atoms with van der Waals surface area (Å²) in [6.07, 6.45) is 3.61. The van der Waals surface area contributed by atoms with Gasteiger partial charge in [0.25, 0.3) is 0 Å². The SMILES string of the molecule is CC1[C@H]2N=CC=NC12C. The van der Waals surface area contributed by atoms with Gasteiger partial charge in [-0.3, -0.25) is 9.98 Å². The summed E-state index contributed by atoms with van der Waals surface area (Å²) in [5, 5.41) is 0. The van der Waals surface area contributed by atoms with Crippen LogP contribution in [0.2, 0.25) is 0 Å². The van der Waals surface area contributed by atoms with Crippen molar-refractivity contribution < 1.29 is 0 Å². The Morgan fingerprint density at radius 3 is 2.67 bits per heavy atom. The summed E-state index contributed by atoms with van der Waals surface area (Å²) in [4.78, 5) is 8.62. The van der Waals surface area contributed by atoms with Crippen molar-refractivity contribution in [2.24, 2.45) is 15.9 Å². The van der Waals surface area contributed by atoms with Crippen LogP contribution in [0.1, 0.15) is 13.8 Å². The van der Waals surface area contributed by atoms with Gasteiger partial charge in [0.1, 0.15) is 0 Å². The first-order valence-corrected chi connectivity index (χ1v) is 3.32. The second kappa shape index (κ2) is 1.25. The van der Waals surface area contributed by atoms with Gasteiger partial charge in [0.05, 0.1) is 11.6 Å². The fourth-order valence-corrected chi connectivity index (χ4v) is 1.48. The van der Waals surface area contributed by atoms with Crippen molar-refractivity contribution in [3.63, 3.8) is 0 Å². The van der Waals surface area contributed by atoms with Gasteiger partial charge in [-0.05, 0) is 6.92 Å². The fourth-order valence-electron chi connectivity index (χ4n) is 1.48. The Labute approximate surface area is 54.7 Å². The first-order valence-electron chi connectivity index (χ1n) is 3.32. The molecule has 0 saturated heterocycles. The predicted molar refractivity (Wildman–Crippen MR) is 38.3 cm³/mol. The Balaban J connectivity index is 2.33. The number of hydrogen-bond acceptors (Lipinski definition) is 2. The molecule has 2 heteroatoms. The lowest BCUT2D eigenvalue weighted by molar-refractivity contribution is 0.682. The van der Waals surface area contributed by atoms with Gasteiger partial charge >= 0.3 is 0 Å². The molecule has 1 fully saturated rings. The summed E-state index contributed by atoms with van der Waals surface area (Å²) >= 11 is 0. The van der Waals surface area contributed by atoms with E-state index in [2.05, 4.69) is 23.8 Å². The van der Waals surface area contributed by atoms with Crippen molar-refractivity contribution in [3.8, 4) is 0 Å². The van der Waals surface area contributed by atoms with Gasteiger partial charge in [0, 0.05) is 18.3 Å². The van der Waals surface area contributed by atoms with Crippen LogP contribution < -0.4 is 0 Å². The van der Waals surface area contributed by atoms with Crippen LogP contribution in [0.3, 0.4) is 0 Å². The van der Waals surface area contributed by atoms with Crippen molar-refractivity contribution in [1.82, 2.24) is 0 Å². The van der Waals surface area contributed by atoms with E-state index >= 15 is 0 Å². The minimum absolute atomic E-state index is 0.175. The van der Waals surface area contributed by atoms with Crippen LogP contribution in [0.5, 0.6) is 0 Å². The average molecular weight is 122 g/mol. The van der Waals surface area contributed by atoms with E-state index in [1.54, 1.807) is 12.4 Å². The molecule has 2 aliphatic rings. The lowest BCUT2D eigenvalue weighted by Gasteiger charge is -2.02. The molecule has 2 rings (SSSR count). The number of rotatable bonds is 0. The minimum Gasteiger partial charge on any atom is -0.285 e. The third-order valence-electron chi connectivity index (χ3n) is 2.55. The fraction of sp³-hybridized carbons (Fsp3) is 0.714.